The minimum Gasteiger partial charge on any atom is -0.349 e. The van der Waals surface area contributed by atoms with Crippen molar-refractivity contribution in [2.75, 3.05) is 13.2 Å². The number of nitrogens with one attached hydrogen (secondary N) is 1. The van der Waals surface area contributed by atoms with Gasteiger partial charge >= 0.3 is 0 Å². The summed E-state index contributed by atoms with van der Waals surface area (Å²) in [4.78, 5) is 12.1. The lowest BCUT2D eigenvalue weighted by Crippen LogP contribution is -2.34. The summed E-state index contributed by atoms with van der Waals surface area (Å²) >= 11 is 0. The Bertz CT molecular complexity index is 456. The van der Waals surface area contributed by atoms with E-state index in [0.29, 0.717) is 13.2 Å². The first-order valence-corrected chi connectivity index (χ1v) is 6.69. The topological polar surface area (TPSA) is 47.6 Å². The van der Waals surface area contributed by atoms with Crippen molar-refractivity contribution >= 4 is 5.91 Å². The van der Waals surface area contributed by atoms with Crippen LogP contribution < -0.4 is 5.32 Å². The smallest absolute Gasteiger partial charge is 0.251 e. The summed E-state index contributed by atoms with van der Waals surface area (Å²) in [6.45, 7) is 6.79. The summed E-state index contributed by atoms with van der Waals surface area (Å²) in [5.74, 6) is -0.595. The molecule has 1 amide bonds. The fraction of sp³-hybridized carbons (Fsp3) is 0.533. The molecule has 104 valence electrons. The molecule has 4 nitrogen and oxygen atoms in total. The highest BCUT2D eigenvalue weighted by Crippen LogP contribution is 2.21. The predicted octanol–water partition coefficient (Wildman–Crippen LogP) is 2.13. The van der Waals surface area contributed by atoms with Crippen LogP contribution in [0.1, 0.15) is 36.7 Å². The first-order valence-electron chi connectivity index (χ1n) is 6.69. The highest BCUT2D eigenvalue weighted by molar-refractivity contribution is 5.95. The molecule has 0 spiro atoms. The van der Waals surface area contributed by atoms with Crippen molar-refractivity contribution in [1.29, 1.82) is 0 Å². The van der Waals surface area contributed by atoms with Crippen molar-refractivity contribution in [2.45, 2.75) is 39.1 Å². The van der Waals surface area contributed by atoms with Crippen LogP contribution in [0.5, 0.6) is 0 Å². The molecular formula is C15H21NO3. The van der Waals surface area contributed by atoms with Crippen LogP contribution >= 0.6 is 0 Å². The minimum atomic E-state index is -0.545. The van der Waals surface area contributed by atoms with Gasteiger partial charge in [-0.1, -0.05) is 25.1 Å². The monoisotopic (exact) mass is 263 g/mol. The Hall–Kier alpha value is -1.39. The summed E-state index contributed by atoms with van der Waals surface area (Å²) in [7, 11) is 0. The third kappa shape index (κ3) is 3.55. The normalized spacial score (nSPS) is 21.3. The van der Waals surface area contributed by atoms with E-state index in [1.165, 1.54) is 0 Å². The Kier molecular flexibility index (Phi) is 4.22. The maximum Gasteiger partial charge on any atom is 0.251 e. The molecule has 0 bridgehead atoms. The van der Waals surface area contributed by atoms with E-state index in [1.54, 1.807) is 0 Å². The third-order valence-corrected chi connectivity index (χ3v) is 3.20. The zero-order valence-corrected chi connectivity index (χ0v) is 11.7. The van der Waals surface area contributed by atoms with Crippen LogP contribution in [0.25, 0.3) is 0 Å². The van der Waals surface area contributed by atoms with Gasteiger partial charge in [-0.15, -0.1) is 0 Å². The lowest BCUT2D eigenvalue weighted by molar-refractivity contribution is -0.137. The summed E-state index contributed by atoms with van der Waals surface area (Å²) in [5, 5.41) is 2.91. The zero-order chi connectivity index (χ0) is 13.9. The third-order valence-electron chi connectivity index (χ3n) is 3.20. The average Bonchev–Trinajstić information content (AvgIpc) is 2.75. The van der Waals surface area contributed by atoms with Crippen LogP contribution in [-0.4, -0.2) is 30.9 Å². The molecule has 0 radical (unpaired) electrons. The molecule has 1 N–H and O–H groups in total. The zero-order valence-electron chi connectivity index (χ0n) is 11.7. The van der Waals surface area contributed by atoms with Crippen LogP contribution in [0.15, 0.2) is 24.3 Å². The number of carbonyl (C=O) groups is 1. The van der Waals surface area contributed by atoms with Gasteiger partial charge in [0.05, 0.1) is 6.61 Å². The van der Waals surface area contributed by atoms with E-state index in [4.69, 9.17) is 9.47 Å². The molecule has 1 aliphatic heterocycles. The number of hydrogen-bond donors (Lipinski definition) is 1. The number of rotatable bonds is 4. The highest BCUT2D eigenvalue weighted by atomic mass is 16.7. The standard InChI is InChI=1S/C15H21NO3/c1-4-11-7-5-6-8-13(11)14(17)16-9-12-10-18-15(2,3)19-12/h5-8,12H,4,9-10H2,1-3H3,(H,16,17). The molecule has 4 heteroatoms. The Balaban J connectivity index is 1.91. The molecule has 0 saturated carbocycles. The van der Waals surface area contributed by atoms with Gasteiger partial charge in [-0.05, 0) is 31.9 Å². The van der Waals surface area contributed by atoms with Gasteiger partial charge in [0.1, 0.15) is 6.10 Å². The second kappa shape index (κ2) is 5.72. The van der Waals surface area contributed by atoms with Crippen LogP contribution in [0.3, 0.4) is 0 Å². The second-order valence-corrected chi connectivity index (χ2v) is 5.17. The van der Waals surface area contributed by atoms with Crippen molar-refractivity contribution in [3.63, 3.8) is 0 Å². The van der Waals surface area contributed by atoms with Gasteiger partial charge in [0.25, 0.3) is 5.91 Å². The molecule has 1 unspecified atom stereocenters. The Morgan fingerprint density at radius 3 is 2.79 bits per heavy atom. The van der Waals surface area contributed by atoms with E-state index >= 15 is 0 Å². The number of benzene rings is 1. The average molecular weight is 263 g/mol. The van der Waals surface area contributed by atoms with Crippen LogP contribution in [0, 0.1) is 0 Å². The summed E-state index contributed by atoms with van der Waals surface area (Å²) in [6.07, 6.45) is 0.771. The van der Waals surface area contributed by atoms with Crippen LogP contribution in [-0.2, 0) is 15.9 Å². The lowest BCUT2D eigenvalue weighted by atomic mass is 10.0. The van der Waals surface area contributed by atoms with Gasteiger partial charge in [0, 0.05) is 12.1 Å². The molecule has 19 heavy (non-hydrogen) atoms. The molecule has 1 saturated heterocycles. The van der Waals surface area contributed by atoms with E-state index in [2.05, 4.69) is 5.32 Å². The maximum absolute atomic E-state index is 12.1. The predicted molar refractivity (Wildman–Crippen MR) is 73.1 cm³/mol. The molecule has 1 aliphatic rings. The first-order chi connectivity index (χ1) is 9.02. The van der Waals surface area contributed by atoms with E-state index in [0.717, 1.165) is 17.5 Å². The molecule has 0 aromatic heterocycles. The fourth-order valence-corrected chi connectivity index (χ4v) is 2.22. The number of carbonyl (C=O) groups excluding carboxylic acids is 1. The maximum atomic E-state index is 12.1. The Labute approximate surface area is 114 Å². The molecule has 1 atom stereocenters. The largest absolute Gasteiger partial charge is 0.349 e. The number of ether oxygens (including phenoxy) is 2. The summed E-state index contributed by atoms with van der Waals surface area (Å²) in [5.41, 5.74) is 1.80. The van der Waals surface area contributed by atoms with E-state index in [1.807, 2.05) is 45.0 Å². The van der Waals surface area contributed by atoms with Gasteiger partial charge in [-0.2, -0.15) is 0 Å². The van der Waals surface area contributed by atoms with Gasteiger partial charge in [-0.25, -0.2) is 0 Å². The molecule has 1 fully saturated rings. The molecular weight excluding hydrogens is 242 g/mol. The van der Waals surface area contributed by atoms with Crippen molar-refractivity contribution in [2.24, 2.45) is 0 Å². The van der Waals surface area contributed by atoms with Crippen molar-refractivity contribution in [1.82, 2.24) is 5.32 Å². The van der Waals surface area contributed by atoms with E-state index in [-0.39, 0.29) is 12.0 Å². The molecule has 1 heterocycles. The molecule has 0 aliphatic carbocycles. The number of amides is 1. The number of aryl methyl sites for hydroxylation is 1. The van der Waals surface area contributed by atoms with Crippen molar-refractivity contribution in [3.8, 4) is 0 Å². The highest BCUT2D eigenvalue weighted by Gasteiger charge is 2.32. The Morgan fingerprint density at radius 1 is 1.42 bits per heavy atom. The van der Waals surface area contributed by atoms with Crippen molar-refractivity contribution in [3.05, 3.63) is 35.4 Å². The summed E-state index contributed by atoms with van der Waals surface area (Å²) < 4.78 is 11.1. The molecule has 1 aromatic carbocycles. The minimum absolute atomic E-state index is 0.0502. The molecule has 2 rings (SSSR count). The van der Waals surface area contributed by atoms with Crippen molar-refractivity contribution < 1.29 is 14.3 Å². The second-order valence-electron chi connectivity index (χ2n) is 5.17. The number of hydrogen-bond acceptors (Lipinski definition) is 3. The SMILES string of the molecule is CCc1ccccc1C(=O)NCC1COC(C)(C)O1. The van der Waals surface area contributed by atoms with E-state index in [9.17, 15) is 4.79 Å². The van der Waals surface area contributed by atoms with E-state index < -0.39 is 5.79 Å². The van der Waals surface area contributed by atoms with Gasteiger partial charge < -0.3 is 14.8 Å². The Morgan fingerprint density at radius 2 is 2.16 bits per heavy atom. The first kappa shape index (κ1) is 14.0. The van der Waals surface area contributed by atoms with Gasteiger partial charge in [0.15, 0.2) is 5.79 Å². The van der Waals surface area contributed by atoms with Crippen LogP contribution in [0.4, 0.5) is 0 Å². The molecule has 1 aromatic rings. The fourth-order valence-electron chi connectivity index (χ4n) is 2.22. The van der Waals surface area contributed by atoms with Gasteiger partial charge in [-0.3, -0.25) is 4.79 Å². The lowest BCUT2D eigenvalue weighted by Gasteiger charge is -2.17. The quantitative estimate of drug-likeness (QED) is 0.905. The van der Waals surface area contributed by atoms with Crippen LogP contribution in [0.2, 0.25) is 0 Å². The van der Waals surface area contributed by atoms with Gasteiger partial charge in [0.2, 0.25) is 0 Å². The summed E-state index contributed by atoms with van der Waals surface area (Å²) in [6, 6.07) is 7.66.